The Labute approximate surface area is 159 Å². The van der Waals surface area contributed by atoms with Crippen molar-refractivity contribution in [2.24, 2.45) is 4.99 Å². The van der Waals surface area contributed by atoms with Gasteiger partial charge in [0.25, 0.3) is 5.91 Å². The first-order valence-corrected chi connectivity index (χ1v) is 9.52. The van der Waals surface area contributed by atoms with Gasteiger partial charge in [0.15, 0.2) is 5.17 Å². The van der Waals surface area contributed by atoms with Crippen LogP contribution in [0.4, 0.5) is 11.4 Å². The molecule has 1 aliphatic rings. The number of benzene rings is 2. The van der Waals surface area contributed by atoms with E-state index in [2.05, 4.69) is 28.9 Å². The second-order valence-corrected chi connectivity index (χ2v) is 7.29. The molecule has 0 N–H and O–H groups in total. The predicted molar refractivity (Wildman–Crippen MR) is 112 cm³/mol. The molecule has 0 spiro atoms. The lowest BCUT2D eigenvalue weighted by molar-refractivity contribution is -0.122. The van der Waals surface area contributed by atoms with Crippen molar-refractivity contribution in [3.63, 3.8) is 0 Å². The Morgan fingerprint density at radius 1 is 1.08 bits per heavy atom. The summed E-state index contributed by atoms with van der Waals surface area (Å²) in [7, 11) is 4.03. The van der Waals surface area contributed by atoms with Crippen molar-refractivity contribution in [3.05, 3.63) is 65.1 Å². The number of para-hydroxylation sites is 1. The Hall–Kier alpha value is -2.53. The van der Waals surface area contributed by atoms with Gasteiger partial charge in [0.2, 0.25) is 0 Å². The second-order valence-electron chi connectivity index (χ2n) is 6.28. The molecule has 2 aromatic rings. The molecule has 134 valence electrons. The zero-order valence-corrected chi connectivity index (χ0v) is 16.2. The molecule has 0 radical (unpaired) electrons. The number of anilines is 1. The minimum absolute atomic E-state index is 0.0308. The monoisotopic (exact) mass is 365 g/mol. The van der Waals surface area contributed by atoms with Crippen LogP contribution in [0, 0.1) is 0 Å². The standard InChI is InChI=1S/C21H23N3OS/c1-4-14-24-20(25)19(15-16-10-12-18(13-11-16)23(2)3)26-21(24)22-17-8-6-5-7-9-17/h5-13,15H,4,14H2,1-3H3/b19-15+,22-21?. The summed E-state index contributed by atoms with van der Waals surface area (Å²) in [6.07, 6.45) is 2.84. The van der Waals surface area contributed by atoms with Crippen LogP contribution >= 0.6 is 11.8 Å². The normalized spacial score (nSPS) is 17.3. The van der Waals surface area contributed by atoms with Crippen molar-refractivity contribution < 1.29 is 4.79 Å². The Morgan fingerprint density at radius 3 is 2.38 bits per heavy atom. The van der Waals surface area contributed by atoms with Crippen molar-refractivity contribution in [2.75, 3.05) is 25.5 Å². The Kier molecular flexibility index (Phi) is 5.78. The molecule has 26 heavy (non-hydrogen) atoms. The third-order valence-corrected chi connectivity index (χ3v) is 5.03. The number of amides is 1. The Bertz CT molecular complexity index is 826. The molecule has 0 atom stereocenters. The molecule has 5 heteroatoms. The molecule has 0 aliphatic carbocycles. The van der Waals surface area contributed by atoms with Crippen LogP contribution in [0.25, 0.3) is 6.08 Å². The van der Waals surface area contributed by atoms with E-state index in [1.165, 1.54) is 11.8 Å². The summed E-state index contributed by atoms with van der Waals surface area (Å²) < 4.78 is 0. The molecule has 0 bridgehead atoms. The van der Waals surface area contributed by atoms with E-state index in [-0.39, 0.29) is 5.91 Å². The van der Waals surface area contributed by atoms with Crippen LogP contribution in [-0.2, 0) is 4.79 Å². The minimum atomic E-state index is 0.0308. The Morgan fingerprint density at radius 2 is 1.77 bits per heavy atom. The summed E-state index contributed by atoms with van der Waals surface area (Å²) >= 11 is 1.44. The van der Waals surface area contributed by atoms with Crippen molar-refractivity contribution in [3.8, 4) is 0 Å². The van der Waals surface area contributed by atoms with Crippen LogP contribution in [0.1, 0.15) is 18.9 Å². The molecule has 1 amide bonds. The number of amidine groups is 1. The Balaban J connectivity index is 1.89. The van der Waals surface area contributed by atoms with Gasteiger partial charge in [-0.3, -0.25) is 9.69 Å². The summed E-state index contributed by atoms with van der Waals surface area (Å²) in [5.74, 6) is 0.0308. The van der Waals surface area contributed by atoms with E-state index in [0.717, 1.165) is 28.5 Å². The fraction of sp³-hybridized carbons (Fsp3) is 0.238. The van der Waals surface area contributed by atoms with Crippen LogP contribution in [-0.4, -0.2) is 36.6 Å². The first-order valence-electron chi connectivity index (χ1n) is 8.71. The average molecular weight is 366 g/mol. The molecule has 0 unspecified atom stereocenters. The fourth-order valence-electron chi connectivity index (χ4n) is 2.65. The molecule has 4 nitrogen and oxygen atoms in total. The third-order valence-electron chi connectivity index (χ3n) is 4.02. The van der Waals surface area contributed by atoms with E-state index >= 15 is 0 Å². The summed E-state index contributed by atoms with van der Waals surface area (Å²) in [5, 5.41) is 0.749. The number of nitrogens with zero attached hydrogens (tertiary/aromatic N) is 3. The van der Waals surface area contributed by atoms with Crippen molar-refractivity contribution in [1.82, 2.24) is 4.90 Å². The maximum Gasteiger partial charge on any atom is 0.266 e. The van der Waals surface area contributed by atoms with Crippen LogP contribution in [0.3, 0.4) is 0 Å². The maximum atomic E-state index is 12.8. The van der Waals surface area contributed by atoms with E-state index in [1.807, 2.05) is 62.6 Å². The minimum Gasteiger partial charge on any atom is -0.378 e. The number of rotatable bonds is 5. The molecule has 1 saturated heterocycles. The number of hydrogen-bond donors (Lipinski definition) is 0. The largest absolute Gasteiger partial charge is 0.378 e. The zero-order chi connectivity index (χ0) is 18.5. The van der Waals surface area contributed by atoms with E-state index in [1.54, 1.807) is 4.90 Å². The highest BCUT2D eigenvalue weighted by Gasteiger charge is 2.32. The number of hydrogen-bond acceptors (Lipinski definition) is 4. The van der Waals surface area contributed by atoms with E-state index < -0.39 is 0 Å². The number of carbonyl (C=O) groups is 1. The number of aliphatic imine (C=N–C) groups is 1. The van der Waals surface area contributed by atoms with Crippen LogP contribution in [0.2, 0.25) is 0 Å². The molecule has 1 aliphatic heterocycles. The van der Waals surface area contributed by atoms with Gasteiger partial charge >= 0.3 is 0 Å². The number of thioether (sulfide) groups is 1. The maximum absolute atomic E-state index is 12.8. The highest BCUT2D eigenvalue weighted by molar-refractivity contribution is 8.18. The summed E-state index contributed by atoms with van der Waals surface area (Å²) in [6.45, 7) is 2.74. The van der Waals surface area contributed by atoms with Gasteiger partial charge in [0.05, 0.1) is 10.6 Å². The predicted octanol–water partition coefficient (Wildman–Crippen LogP) is 4.77. The van der Waals surface area contributed by atoms with Gasteiger partial charge in [0.1, 0.15) is 0 Å². The highest BCUT2D eigenvalue weighted by atomic mass is 32.2. The first kappa shape index (κ1) is 18.3. The number of carbonyl (C=O) groups excluding carboxylic acids is 1. The lowest BCUT2D eigenvalue weighted by Gasteiger charge is -2.13. The smallest absolute Gasteiger partial charge is 0.266 e. The van der Waals surface area contributed by atoms with E-state index in [0.29, 0.717) is 11.4 Å². The van der Waals surface area contributed by atoms with Crippen molar-refractivity contribution in [1.29, 1.82) is 0 Å². The zero-order valence-electron chi connectivity index (χ0n) is 15.3. The molecule has 0 aromatic heterocycles. The average Bonchev–Trinajstić information content (AvgIpc) is 2.92. The van der Waals surface area contributed by atoms with Crippen LogP contribution in [0.15, 0.2) is 64.5 Å². The molecule has 1 fully saturated rings. The molecule has 3 rings (SSSR count). The molecule has 0 saturated carbocycles. The summed E-state index contributed by atoms with van der Waals surface area (Å²) in [6, 6.07) is 17.9. The quantitative estimate of drug-likeness (QED) is 0.716. The van der Waals surface area contributed by atoms with Gasteiger partial charge in [-0.15, -0.1) is 0 Å². The fourth-order valence-corrected chi connectivity index (χ4v) is 3.67. The van der Waals surface area contributed by atoms with Gasteiger partial charge in [-0.1, -0.05) is 37.3 Å². The lowest BCUT2D eigenvalue weighted by atomic mass is 10.2. The third kappa shape index (κ3) is 4.17. The summed E-state index contributed by atoms with van der Waals surface area (Å²) in [4.78, 5) is 22.0. The van der Waals surface area contributed by atoms with Gasteiger partial charge in [0, 0.05) is 26.3 Å². The molecular formula is C21H23N3OS. The lowest BCUT2D eigenvalue weighted by Crippen LogP contribution is -2.29. The van der Waals surface area contributed by atoms with Gasteiger partial charge in [-0.05, 0) is 54.1 Å². The van der Waals surface area contributed by atoms with Gasteiger partial charge in [-0.25, -0.2) is 4.99 Å². The van der Waals surface area contributed by atoms with Crippen molar-refractivity contribution in [2.45, 2.75) is 13.3 Å². The van der Waals surface area contributed by atoms with Crippen LogP contribution < -0.4 is 4.90 Å². The van der Waals surface area contributed by atoms with Crippen molar-refractivity contribution >= 4 is 40.3 Å². The second kappa shape index (κ2) is 8.23. The van der Waals surface area contributed by atoms with Crippen LogP contribution in [0.5, 0.6) is 0 Å². The van der Waals surface area contributed by atoms with Gasteiger partial charge in [-0.2, -0.15) is 0 Å². The SMILES string of the molecule is CCCN1C(=O)/C(=C\c2ccc(N(C)C)cc2)SC1=Nc1ccccc1. The van der Waals surface area contributed by atoms with E-state index in [9.17, 15) is 4.79 Å². The van der Waals surface area contributed by atoms with Gasteiger partial charge < -0.3 is 4.90 Å². The molecular weight excluding hydrogens is 342 g/mol. The first-order chi connectivity index (χ1) is 12.6. The topological polar surface area (TPSA) is 35.9 Å². The summed E-state index contributed by atoms with van der Waals surface area (Å²) in [5.41, 5.74) is 3.01. The van der Waals surface area contributed by atoms with E-state index in [4.69, 9.17) is 0 Å². The molecule has 1 heterocycles. The molecule has 2 aromatic carbocycles. The highest BCUT2D eigenvalue weighted by Crippen LogP contribution is 2.34.